The highest BCUT2D eigenvalue weighted by Gasteiger charge is 2.32. The Morgan fingerprint density at radius 3 is 2.74 bits per heavy atom. The van der Waals surface area contributed by atoms with Crippen LogP contribution in [0.4, 0.5) is 16.4 Å². The monoisotopic (exact) mass is 511 g/mol. The van der Waals surface area contributed by atoms with Gasteiger partial charge in [0.1, 0.15) is 16.1 Å². The maximum atomic E-state index is 13.4. The number of pyridine rings is 1. The van der Waals surface area contributed by atoms with Crippen molar-refractivity contribution in [2.75, 3.05) is 15.5 Å². The van der Waals surface area contributed by atoms with Crippen LogP contribution in [0.5, 0.6) is 0 Å². The minimum absolute atomic E-state index is 0.0948. The smallest absolute Gasteiger partial charge is 0.247 e. The maximum Gasteiger partial charge on any atom is 0.247 e. The molecule has 2 amide bonds. The van der Waals surface area contributed by atoms with Crippen LogP contribution in [0.1, 0.15) is 55.8 Å². The molecule has 1 fully saturated rings. The molecule has 2 atom stereocenters. The molecule has 1 aliphatic carbocycles. The van der Waals surface area contributed by atoms with Gasteiger partial charge >= 0.3 is 0 Å². The Morgan fingerprint density at radius 1 is 1.23 bits per heavy atom. The third-order valence-corrected chi connectivity index (χ3v) is 7.72. The van der Waals surface area contributed by atoms with Gasteiger partial charge in [-0.3, -0.25) is 19.5 Å². The van der Waals surface area contributed by atoms with Gasteiger partial charge in [-0.15, -0.1) is 0 Å². The van der Waals surface area contributed by atoms with Crippen molar-refractivity contribution in [2.24, 2.45) is 5.92 Å². The summed E-state index contributed by atoms with van der Waals surface area (Å²) in [5.74, 6) is 0.220. The zero-order chi connectivity index (χ0) is 24.8. The molecule has 2 N–H and O–H groups in total. The molecule has 1 aromatic carbocycles. The van der Waals surface area contributed by atoms with Crippen molar-refractivity contribution in [1.29, 1.82) is 0 Å². The quantitative estimate of drug-likeness (QED) is 0.315. The Labute approximate surface area is 214 Å². The van der Waals surface area contributed by atoms with Gasteiger partial charge in [0.15, 0.2) is 0 Å². The van der Waals surface area contributed by atoms with Gasteiger partial charge in [0.05, 0.1) is 12.2 Å². The van der Waals surface area contributed by atoms with E-state index < -0.39 is 6.04 Å². The minimum Gasteiger partial charge on any atom is -0.376 e. The van der Waals surface area contributed by atoms with Crippen molar-refractivity contribution in [1.82, 2.24) is 9.97 Å². The van der Waals surface area contributed by atoms with Gasteiger partial charge < -0.3 is 10.6 Å². The van der Waals surface area contributed by atoms with Crippen LogP contribution >= 0.6 is 22.9 Å². The predicted octanol–water partition coefficient (Wildman–Crippen LogP) is 6.22. The SMILES string of the molecule is Cc1cc(NC(=O)[C@H](CC2CCCC2)N(C=O)c2cnc([C@@H](C)Nc3cccc(Cl)c3)s2)ccn1. The second-order valence-corrected chi connectivity index (χ2v) is 10.5. The average Bonchev–Trinajstić information content (AvgIpc) is 3.51. The van der Waals surface area contributed by atoms with Gasteiger partial charge in [-0.05, 0) is 56.5 Å². The fraction of sp³-hybridized carbons (Fsp3) is 0.385. The van der Waals surface area contributed by atoms with Crippen LogP contribution in [0.3, 0.4) is 0 Å². The lowest BCUT2D eigenvalue weighted by Crippen LogP contribution is -2.44. The zero-order valence-electron chi connectivity index (χ0n) is 19.9. The number of amides is 2. The van der Waals surface area contributed by atoms with Crippen LogP contribution < -0.4 is 15.5 Å². The number of nitrogens with one attached hydrogen (secondary N) is 2. The summed E-state index contributed by atoms with van der Waals surface area (Å²) in [6.45, 7) is 3.88. The number of anilines is 3. The molecule has 0 saturated heterocycles. The van der Waals surface area contributed by atoms with Crippen LogP contribution in [0, 0.1) is 12.8 Å². The summed E-state index contributed by atoms with van der Waals surface area (Å²) in [6, 6.07) is 10.4. The van der Waals surface area contributed by atoms with Crippen molar-refractivity contribution in [3.8, 4) is 0 Å². The molecule has 0 unspecified atom stereocenters. The molecular weight excluding hydrogens is 482 g/mol. The van der Waals surface area contributed by atoms with Crippen LogP contribution in [-0.4, -0.2) is 28.3 Å². The van der Waals surface area contributed by atoms with E-state index in [1.165, 1.54) is 29.1 Å². The number of carbonyl (C=O) groups is 2. The molecule has 2 aromatic heterocycles. The van der Waals surface area contributed by atoms with Gasteiger partial charge in [0.2, 0.25) is 12.3 Å². The first-order valence-electron chi connectivity index (χ1n) is 11.9. The summed E-state index contributed by atoms with van der Waals surface area (Å²) in [4.78, 5) is 36.0. The fourth-order valence-corrected chi connectivity index (χ4v) is 5.65. The number of benzene rings is 1. The molecule has 4 rings (SSSR count). The Bertz CT molecular complexity index is 1160. The number of hydrogen-bond donors (Lipinski definition) is 2. The molecular formula is C26H30ClN5O2S. The lowest BCUT2D eigenvalue weighted by Gasteiger charge is -2.28. The molecule has 3 aromatic rings. The Hall–Kier alpha value is -2.97. The van der Waals surface area contributed by atoms with Crippen molar-refractivity contribution in [2.45, 2.75) is 58.0 Å². The van der Waals surface area contributed by atoms with Gasteiger partial charge in [0.25, 0.3) is 0 Å². The highest BCUT2D eigenvalue weighted by molar-refractivity contribution is 7.16. The second kappa shape index (κ2) is 11.6. The van der Waals surface area contributed by atoms with Crippen LogP contribution in [0.2, 0.25) is 5.02 Å². The number of hydrogen-bond acceptors (Lipinski definition) is 6. The minimum atomic E-state index is -0.617. The molecule has 0 spiro atoms. The summed E-state index contributed by atoms with van der Waals surface area (Å²) in [5, 5.41) is 8.50. The lowest BCUT2D eigenvalue weighted by molar-refractivity contribution is -0.119. The number of thiazole rings is 1. The topological polar surface area (TPSA) is 87.2 Å². The van der Waals surface area contributed by atoms with E-state index in [-0.39, 0.29) is 11.9 Å². The molecule has 0 aliphatic heterocycles. The first-order valence-corrected chi connectivity index (χ1v) is 13.1. The number of halogens is 1. The third kappa shape index (κ3) is 6.58. The first kappa shape index (κ1) is 25.1. The molecule has 0 radical (unpaired) electrons. The second-order valence-electron chi connectivity index (χ2n) is 9.00. The number of rotatable bonds is 10. The number of carbonyl (C=O) groups excluding carboxylic acids is 2. The van der Waals surface area contributed by atoms with Crippen LogP contribution in [0.15, 0.2) is 48.8 Å². The summed E-state index contributed by atoms with van der Waals surface area (Å²) in [7, 11) is 0. The Balaban J connectivity index is 1.54. The van der Waals surface area contributed by atoms with E-state index in [1.807, 2.05) is 44.2 Å². The highest BCUT2D eigenvalue weighted by atomic mass is 35.5. The maximum absolute atomic E-state index is 13.4. The van der Waals surface area contributed by atoms with Crippen molar-refractivity contribution in [3.63, 3.8) is 0 Å². The first-order chi connectivity index (χ1) is 16.9. The third-order valence-electron chi connectivity index (χ3n) is 6.29. The summed E-state index contributed by atoms with van der Waals surface area (Å²) in [6.07, 6.45) is 9.22. The van der Waals surface area contributed by atoms with Gasteiger partial charge in [-0.25, -0.2) is 4.98 Å². The lowest BCUT2D eigenvalue weighted by atomic mass is 9.97. The number of aromatic nitrogens is 2. The van der Waals surface area contributed by atoms with Gasteiger partial charge in [-0.2, -0.15) is 0 Å². The molecule has 9 heteroatoms. The Morgan fingerprint density at radius 2 is 2.03 bits per heavy atom. The van der Waals surface area contributed by atoms with Crippen LogP contribution in [-0.2, 0) is 9.59 Å². The molecule has 35 heavy (non-hydrogen) atoms. The molecule has 1 saturated carbocycles. The van der Waals surface area contributed by atoms with E-state index in [1.54, 1.807) is 18.5 Å². The average molecular weight is 512 g/mol. The van der Waals surface area contributed by atoms with Crippen molar-refractivity contribution in [3.05, 3.63) is 64.5 Å². The molecule has 0 bridgehead atoms. The van der Waals surface area contributed by atoms with E-state index in [0.717, 1.165) is 35.6 Å². The summed E-state index contributed by atoms with van der Waals surface area (Å²) in [5.41, 5.74) is 2.38. The molecule has 2 heterocycles. The van der Waals surface area contributed by atoms with Gasteiger partial charge in [-0.1, -0.05) is 54.7 Å². The summed E-state index contributed by atoms with van der Waals surface area (Å²) < 4.78 is 0. The summed E-state index contributed by atoms with van der Waals surface area (Å²) >= 11 is 7.51. The number of aryl methyl sites for hydroxylation is 1. The number of nitrogens with zero attached hydrogens (tertiary/aromatic N) is 3. The van der Waals surface area contributed by atoms with E-state index in [2.05, 4.69) is 20.6 Å². The standard InChI is InChI=1S/C26H30ClN5O2S/c1-17-12-22(10-11-28-17)31-25(34)23(13-19-6-3-4-7-19)32(16-33)24-15-29-26(35-24)18(2)30-21-9-5-8-20(27)14-21/h5,8-12,14-16,18-19,23,30H,3-4,6-7,13H2,1-2H3,(H,28,31,34)/t18-,23+/m1/s1. The highest BCUT2D eigenvalue weighted by Crippen LogP contribution is 2.34. The van der Waals surface area contributed by atoms with E-state index in [0.29, 0.717) is 28.0 Å². The largest absolute Gasteiger partial charge is 0.376 e. The fourth-order valence-electron chi connectivity index (χ4n) is 4.52. The normalized spacial score (nSPS) is 15.4. The zero-order valence-corrected chi connectivity index (χ0v) is 21.5. The Kier molecular flexibility index (Phi) is 8.36. The predicted molar refractivity (Wildman–Crippen MR) is 142 cm³/mol. The van der Waals surface area contributed by atoms with Crippen molar-refractivity contribution >= 4 is 51.6 Å². The molecule has 184 valence electrons. The van der Waals surface area contributed by atoms with E-state index in [9.17, 15) is 9.59 Å². The molecule has 1 aliphatic rings. The van der Waals surface area contributed by atoms with E-state index in [4.69, 9.17) is 11.6 Å². The van der Waals surface area contributed by atoms with Crippen molar-refractivity contribution < 1.29 is 9.59 Å². The van der Waals surface area contributed by atoms with E-state index >= 15 is 0 Å². The molecule has 7 nitrogen and oxygen atoms in total. The van der Waals surface area contributed by atoms with Crippen LogP contribution in [0.25, 0.3) is 0 Å². The van der Waals surface area contributed by atoms with Gasteiger partial charge in [0, 0.05) is 28.3 Å².